The Kier molecular flexibility index (Phi) is 7.38. The van der Waals surface area contributed by atoms with E-state index < -0.39 is 0 Å². The molecule has 0 bridgehead atoms. The van der Waals surface area contributed by atoms with Crippen LogP contribution < -0.4 is 10.3 Å². The predicted octanol–water partition coefficient (Wildman–Crippen LogP) is 3.70. The van der Waals surface area contributed by atoms with Gasteiger partial charge in [0, 0.05) is 37.3 Å². The zero-order valence-corrected chi connectivity index (χ0v) is 18.7. The van der Waals surface area contributed by atoms with Crippen LogP contribution in [0, 0.1) is 11.3 Å². The third-order valence-electron chi connectivity index (χ3n) is 5.06. The van der Waals surface area contributed by atoms with Crippen LogP contribution in [0.5, 0.6) is 5.75 Å². The number of hydrogen-bond acceptors (Lipinski definition) is 7. The van der Waals surface area contributed by atoms with Crippen LogP contribution in [0.4, 0.5) is 0 Å². The van der Waals surface area contributed by atoms with E-state index in [0.29, 0.717) is 42.6 Å². The first-order chi connectivity index (χ1) is 16.7. The Morgan fingerprint density at radius 1 is 0.971 bits per heavy atom. The lowest BCUT2D eigenvalue weighted by Crippen LogP contribution is -2.22. The van der Waals surface area contributed by atoms with Crippen molar-refractivity contribution in [3.8, 4) is 34.5 Å². The van der Waals surface area contributed by atoms with Crippen LogP contribution >= 0.6 is 0 Å². The lowest BCUT2D eigenvalue weighted by molar-refractivity contribution is 0.172. The van der Waals surface area contributed by atoms with Gasteiger partial charge in [-0.2, -0.15) is 10.4 Å². The molecule has 0 atom stereocenters. The normalized spacial score (nSPS) is 10.6. The highest BCUT2D eigenvalue weighted by atomic mass is 16.5. The van der Waals surface area contributed by atoms with Gasteiger partial charge in [-0.25, -0.2) is 14.6 Å². The van der Waals surface area contributed by atoms with Crippen molar-refractivity contribution in [3.63, 3.8) is 0 Å². The maximum absolute atomic E-state index is 12.5. The van der Waals surface area contributed by atoms with E-state index in [9.17, 15) is 4.79 Å². The molecule has 4 rings (SSSR count). The Bertz CT molecular complexity index is 1360. The minimum Gasteiger partial charge on any atom is -0.490 e. The molecule has 0 N–H and O–H groups in total. The van der Waals surface area contributed by atoms with Gasteiger partial charge in [-0.05, 0) is 29.8 Å². The fourth-order valence-corrected chi connectivity index (χ4v) is 3.38. The van der Waals surface area contributed by atoms with Gasteiger partial charge in [0.05, 0.1) is 42.9 Å². The number of methoxy groups -OCH3 is 1. The second kappa shape index (κ2) is 11.0. The van der Waals surface area contributed by atoms with E-state index in [1.165, 1.54) is 10.7 Å². The zero-order valence-electron chi connectivity index (χ0n) is 18.7. The van der Waals surface area contributed by atoms with E-state index in [-0.39, 0.29) is 5.56 Å². The molecule has 2 heterocycles. The monoisotopic (exact) mass is 453 g/mol. The summed E-state index contributed by atoms with van der Waals surface area (Å²) >= 11 is 0. The summed E-state index contributed by atoms with van der Waals surface area (Å²) in [5, 5.41) is 13.7. The number of aromatic nitrogens is 4. The summed E-state index contributed by atoms with van der Waals surface area (Å²) in [5.41, 5.74) is 3.44. The van der Waals surface area contributed by atoms with Crippen molar-refractivity contribution in [2.24, 2.45) is 0 Å². The summed E-state index contributed by atoms with van der Waals surface area (Å²) in [6.07, 6.45) is 4.08. The molecule has 8 nitrogen and oxygen atoms in total. The molecule has 4 aromatic rings. The summed E-state index contributed by atoms with van der Waals surface area (Å²) in [5.74, 6) is 1.16. The molecule has 0 radical (unpaired) electrons. The number of benzene rings is 2. The number of nitrogens with zero attached hydrogens (tertiary/aromatic N) is 5. The second-order valence-corrected chi connectivity index (χ2v) is 7.54. The van der Waals surface area contributed by atoms with Crippen molar-refractivity contribution in [1.29, 1.82) is 5.26 Å². The second-order valence-electron chi connectivity index (χ2n) is 7.54. The molecular formula is C26H23N5O3. The first kappa shape index (κ1) is 22.8. The van der Waals surface area contributed by atoms with Crippen molar-refractivity contribution in [2.45, 2.75) is 13.0 Å². The van der Waals surface area contributed by atoms with Crippen LogP contribution in [0.15, 0.2) is 77.9 Å². The summed E-state index contributed by atoms with van der Waals surface area (Å²) in [6.45, 7) is 1.46. The highest BCUT2D eigenvalue weighted by molar-refractivity contribution is 5.60. The van der Waals surface area contributed by atoms with E-state index in [1.54, 1.807) is 43.8 Å². The molecule has 0 saturated heterocycles. The molecule has 0 aliphatic rings. The van der Waals surface area contributed by atoms with E-state index in [2.05, 4.69) is 21.1 Å². The van der Waals surface area contributed by atoms with Crippen LogP contribution in [-0.4, -0.2) is 40.1 Å². The van der Waals surface area contributed by atoms with Gasteiger partial charge in [-0.3, -0.25) is 4.79 Å². The van der Waals surface area contributed by atoms with E-state index in [1.807, 2.05) is 30.3 Å². The maximum atomic E-state index is 12.5. The third kappa shape index (κ3) is 5.71. The molecule has 8 heteroatoms. The van der Waals surface area contributed by atoms with Gasteiger partial charge < -0.3 is 9.47 Å². The molecule has 34 heavy (non-hydrogen) atoms. The number of hydrogen-bond donors (Lipinski definition) is 0. The molecule has 170 valence electrons. The first-order valence-electron chi connectivity index (χ1n) is 10.8. The number of nitriles is 1. The van der Waals surface area contributed by atoms with Crippen LogP contribution in [0.1, 0.15) is 17.5 Å². The van der Waals surface area contributed by atoms with Crippen LogP contribution in [-0.2, 0) is 11.3 Å². The van der Waals surface area contributed by atoms with E-state index in [0.717, 1.165) is 23.1 Å². The molecule has 0 aliphatic carbocycles. The first-order valence-corrected chi connectivity index (χ1v) is 10.8. The molecule has 0 amide bonds. The molecule has 2 aromatic carbocycles. The minimum atomic E-state index is -0.211. The van der Waals surface area contributed by atoms with Crippen LogP contribution in [0.2, 0.25) is 0 Å². The molecule has 0 saturated carbocycles. The van der Waals surface area contributed by atoms with E-state index >= 15 is 0 Å². The lowest BCUT2D eigenvalue weighted by Gasteiger charge is -2.09. The fourth-order valence-electron chi connectivity index (χ4n) is 3.38. The van der Waals surface area contributed by atoms with Crippen molar-refractivity contribution < 1.29 is 9.47 Å². The van der Waals surface area contributed by atoms with Crippen molar-refractivity contribution in [2.75, 3.05) is 20.3 Å². The highest BCUT2D eigenvalue weighted by Crippen LogP contribution is 2.20. The van der Waals surface area contributed by atoms with Gasteiger partial charge >= 0.3 is 0 Å². The Labute approximate surface area is 197 Å². The minimum absolute atomic E-state index is 0.211. The van der Waals surface area contributed by atoms with Gasteiger partial charge in [0.25, 0.3) is 5.56 Å². The molecular weight excluding hydrogens is 430 g/mol. The summed E-state index contributed by atoms with van der Waals surface area (Å²) in [7, 11) is 1.66. The smallest absolute Gasteiger partial charge is 0.267 e. The Morgan fingerprint density at radius 3 is 2.56 bits per heavy atom. The number of ether oxygens (including phenoxy) is 2. The average molecular weight is 454 g/mol. The Balaban J connectivity index is 1.51. The quantitative estimate of drug-likeness (QED) is 0.356. The standard InChI is InChI=1S/C26H23N5O3/c1-33-11-4-12-34-23-16-28-26(29-17-23)22-8-3-6-20(14-22)18-31-25(32)10-9-24(30-31)21-7-2-5-19(13-21)15-27/h2-3,5-10,13-14,16-17H,4,11-12,18H2,1H3. The van der Waals surface area contributed by atoms with Gasteiger partial charge in [0.15, 0.2) is 11.6 Å². The van der Waals surface area contributed by atoms with Crippen molar-refractivity contribution in [3.05, 3.63) is 94.5 Å². The van der Waals surface area contributed by atoms with Gasteiger partial charge in [0.1, 0.15) is 0 Å². The zero-order chi connectivity index (χ0) is 23.8. The summed E-state index contributed by atoms with van der Waals surface area (Å²) in [4.78, 5) is 21.3. The van der Waals surface area contributed by atoms with Crippen LogP contribution in [0.3, 0.4) is 0 Å². The topological polar surface area (TPSA) is 103 Å². The van der Waals surface area contributed by atoms with Gasteiger partial charge in [-0.1, -0.05) is 30.3 Å². The fraction of sp³-hybridized carbons (Fsp3) is 0.192. The molecule has 2 aromatic heterocycles. The molecule has 0 unspecified atom stereocenters. The Hall–Kier alpha value is -4.35. The number of rotatable bonds is 9. The molecule has 0 spiro atoms. The SMILES string of the molecule is COCCCOc1cnc(-c2cccc(Cn3nc(-c4cccc(C#N)c4)ccc3=O)c2)nc1. The van der Waals surface area contributed by atoms with Crippen molar-refractivity contribution in [1.82, 2.24) is 19.7 Å². The third-order valence-corrected chi connectivity index (χ3v) is 5.06. The summed E-state index contributed by atoms with van der Waals surface area (Å²) < 4.78 is 12.0. The lowest BCUT2D eigenvalue weighted by atomic mass is 10.1. The highest BCUT2D eigenvalue weighted by Gasteiger charge is 2.08. The molecule has 0 aliphatic heterocycles. The van der Waals surface area contributed by atoms with Crippen LogP contribution in [0.25, 0.3) is 22.6 Å². The van der Waals surface area contributed by atoms with Crippen molar-refractivity contribution >= 4 is 0 Å². The van der Waals surface area contributed by atoms with Gasteiger partial charge in [0.2, 0.25) is 0 Å². The summed E-state index contributed by atoms with van der Waals surface area (Å²) in [6, 6.07) is 20.1. The predicted molar refractivity (Wildman–Crippen MR) is 127 cm³/mol. The van der Waals surface area contributed by atoms with E-state index in [4.69, 9.17) is 14.7 Å². The average Bonchev–Trinajstić information content (AvgIpc) is 2.88. The molecule has 0 fully saturated rings. The maximum Gasteiger partial charge on any atom is 0.267 e. The Morgan fingerprint density at radius 2 is 1.76 bits per heavy atom. The largest absolute Gasteiger partial charge is 0.490 e. The van der Waals surface area contributed by atoms with Gasteiger partial charge in [-0.15, -0.1) is 0 Å².